The molecule has 22 heavy (non-hydrogen) atoms. The van der Waals surface area contributed by atoms with Crippen LogP contribution in [0.1, 0.15) is 18.4 Å². The molecule has 1 unspecified atom stereocenters. The molecule has 1 saturated heterocycles. The molecular formula is C16H21N5O. The number of nitrogens with one attached hydrogen (secondary N) is 2. The van der Waals surface area contributed by atoms with E-state index in [2.05, 4.69) is 27.5 Å². The lowest BCUT2D eigenvalue weighted by atomic mass is 10.2. The van der Waals surface area contributed by atoms with Crippen molar-refractivity contribution < 1.29 is 4.74 Å². The lowest BCUT2D eigenvalue weighted by Gasteiger charge is -2.15. The highest BCUT2D eigenvalue weighted by molar-refractivity contribution is 5.77. The molecule has 2 aromatic rings. The summed E-state index contributed by atoms with van der Waals surface area (Å²) in [5.74, 6) is 1.24. The summed E-state index contributed by atoms with van der Waals surface area (Å²) in [5, 5.41) is 6.47. The molecule has 116 valence electrons. The van der Waals surface area contributed by atoms with Gasteiger partial charge in [0.1, 0.15) is 12.0 Å². The second kappa shape index (κ2) is 6.62. The van der Waals surface area contributed by atoms with Crippen LogP contribution in [0.2, 0.25) is 0 Å². The molecule has 6 nitrogen and oxygen atoms in total. The van der Waals surface area contributed by atoms with Crippen molar-refractivity contribution in [1.82, 2.24) is 9.97 Å². The molecule has 6 heteroatoms. The minimum atomic E-state index is 0.239. The van der Waals surface area contributed by atoms with Crippen molar-refractivity contribution in [3.05, 3.63) is 36.2 Å². The van der Waals surface area contributed by atoms with Gasteiger partial charge < -0.3 is 21.1 Å². The summed E-state index contributed by atoms with van der Waals surface area (Å²) in [6.07, 6.45) is 3.94. The number of aryl methyl sites for hydroxylation is 1. The maximum atomic E-state index is 6.16. The van der Waals surface area contributed by atoms with Crippen molar-refractivity contribution in [1.29, 1.82) is 0 Å². The highest BCUT2D eigenvalue weighted by Gasteiger charge is 2.16. The van der Waals surface area contributed by atoms with E-state index in [-0.39, 0.29) is 6.10 Å². The predicted molar refractivity (Wildman–Crippen MR) is 88.4 cm³/mol. The van der Waals surface area contributed by atoms with Crippen LogP contribution in [-0.2, 0) is 4.74 Å². The van der Waals surface area contributed by atoms with E-state index < -0.39 is 0 Å². The largest absolute Gasteiger partial charge is 0.393 e. The van der Waals surface area contributed by atoms with Crippen molar-refractivity contribution in [3.8, 4) is 0 Å². The van der Waals surface area contributed by atoms with Gasteiger partial charge in [-0.25, -0.2) is 9.97 Å². The summed E-state index contributed by atoms with van der Waals surface area (Å²) >= 11 is 0. The molecule has 0 aliphatic carbocycles. The third-order valence-electron chi connectivity index (χ3n) is 3.72. The normalized spacial score (nSPS) is 17.4. The van der Waals surface area contributed by atoms with Crippen LogP contribution in [0.3, 0.4) is 0 Å². The Morgan fingerprint density at radius 3 is 2.73 bits per heavy atom. The summed E-state index contributed by atoms with van der Waals surface area (Å²) in [6.45, 7) is 3.60. The summed E-state index contributed by atoms with van der Waals surface area (Å²) in [5.41, 5.74) is 8.82. The Hall–Kier alpha value is -2.34. The Labute approximate surface area is 130 Å². The van der Waals surface area contributed by atoms with Gasteiger partial charge in [-0.2, -0.15) is 0 Å². The van der Waals surface area contributed by atoms with E-state index in [1.165, 1.54) is 11.9 Å². The van der Waals surface area contributed by atoms with Gasteiger partial charge in [-0.3, -0.25) is 0 Å². The first-order valence-corrected chi connectivity index (χ1v) is 7.52. The average Bonchev–Trinajstić information content (AvgIpc) is 3.04. The number of benzene rings is 1. The van der Waals surface area contributed by atoms with E-state index in [0.29, 0.717) is 23.9 Å². The number of anilines is 4. The maximum absolute atomic E-state index is 6.16. The van der Waals surface area contributed by atoms with Gasteiger partial charge in [-0.05, 0) is 31.9 Å². The van der Waals surface area contributed by atoms with Crippen LogP contribution in [0.25, 0.3) is 0 Å². The van der Waals surface area contributed by atoms with Gasteiger partial charge in [0.15, 0.2) is 11.6 Å². The predicted octanol–water partition coefficient (Wildman–Crippen LogP) is 2.70. The average molecular weight is 299 g/mol. The van der Waals surface area contributed by atoms with Gasteiger partial charge in [0.05, 0.1) is 6.10 Å². The first kappa shape index (κ1) is 14.6. The van der Waals surface area contributed by atoms with Crippen molar-refractivity contribution in [2.45, 2.75) is 25.9 Å². The molecule has 0 amide bonds. The van der Waals surface area contributed by atoms with Crippen LogP contribution in [-0.4, -0.2) is 29.2 Å². The zero-order valence-corrected chi connectivity index (χ0v) is 12.7. The monoisotopic (exact) mass is 299 g/mol. The molecule has 2 heterocycles. The van der Waals surface area contributed by atoms with Gasteiger partial charge in [0.2, 0.25) is 0 Å². The molecule has 3 rings (SSSR count). The third-order valence-corrected chi connectivity index (χ3v) is 3.72. The van der Waals surface area contributed by atoms with E-state index in [1.54, 1.807) is 0 Å². The van der Waals surface area contributed by atoms with Gasteiger partial charge >= 0.3 is 0 Å². The Kier molecular flexibility index (Phi) is 4.39. The molecule has 0 saturated carbocycles. The van der Waals surface area contributed by atoms with Crippen LogP contribution in [0, 0.1) is 6.92 Å². The number of nitrogens with two attached hydrogens (primary N) is 1. The standard InChI is InChI=1S/C16H21N5O/c1-11-4-6-12(7-5-11)21-16-14(17)15(19-10-20-16)18-9-13-3-2-8-22-13/h4-7,10,13H,2-3,8-9,17H2,1H3,(H2,18,19,20,21). The second-order valence-corrected chi connectivity index (χ2v) is 5.49. The van der Waals surface area contributed by atoms with Gasteiger partial charge in [-0.15, -0.1) is 0 Å². The fraction of sp³-hybridized carbons (Fsp3) is 0.375. The number of nitrogen functional groups attached to an aromatic ring is 1. The zero-order chi connectivity index (χ0) is 15.4. The van der Waals surface area contributed by atoms with Gasteiger partial charge in [-0.1, -0.05) is 17.7 Å². The van der Waals surface area contributed by atoms with Crippen LogP contribution >= 0.6 is 0 Å². The van der Waals surface area contributed by atoms with E-state index in [9.17, 15) is 0 Å². The summed E-state index contributed by atoms with van der Waals surface area (Å²) in [7, 11) is 0. The highest BCUT2D eigenvalue weighted by atomic mass is 16.5. The second-order valence-electron chi connectivity index (χ2n) is 5.49. The first-order valence-electron chi connectivity index (χ1n) is 7.52. The lowest BCUT2D eigenvalue weighted by Crippen LogP contribution is -2.20. The zero-order valence-electron chi connectivity index (χ0n) is 12.7. The lowest BCUT2D eigenvalue weighted by molar-refractivity contribution is 0.120. The van der Waals surface area contributed by atoms with Crippen molar-refractivity contribution in [3.63, 3.8) is 0 Å². The number of rotatable bonds is 5. The Balaban J connectivity index is 1.69. The molecule has 1 aromatic heterocycles. The van der Waals surface area contributed by atoms with Crippen LogP contribution in [0.5, 0.6) is 0 Å². The Bertz CT molecular complexity index is 623. The highest BCUT2D eigenvalue weighted by Crippen LogP contribution is 2.26. The molecule has 4 N–H and O–H groups in total. The SMILES string of the molecule is Cc1ccc(Nc2ncnc(NCC3CCCO3)c2N)cc1. The van der Waals surface area contributed by atoms with Gasteiger partial charge in [0.25, 0.3) is 0 Å². The number of hydrogen-bond donors (Lipinski definition) is 3. The molecule has 0 bridgehead atoms. The third kappa shape index (κ3) is 3.46. The number of ether oxygens (including phenoxy) is 1. The van der Waals surface area contributed by atoms with Crippen molar-refractivity contribution >= 4 is 23.0 Å². The van der Waals surface area contributed by atoms with Crippen molar-refractivity contribution in [2.24, 2.45) is 0 Å². The van der Waals surface area contributed by atoms with E-state index in [0.717, 1.165) is 25.1 Å². The number of hydrogen-bond acceptors (Lipinski definition) is 6. The van der Waals surface area contributed by atoms with E-state index in [1.807, 2.05) is 24.3 Å². The minimum absolute atomic E-state index is 0.239. The maximum Gasteiger partial charge on any atom is 0.159 e. The Morgan fingerprint density at radius 2 is 2.00 bits per heavy atom. The van der Waals surface area contributed by atoms with Crippen LogP contribution in [0.15, 0.2) is 30.6 Å². The fourth-order valence-corrected chi connectivity index (χ4v) is 2.43. The Morgan fingerprint density at radius 1 is 1.23 bits per heavy atom. The van der Waals surface area contributed by atoms with Crippen LogP contribution in [0.4, 0.5) is 23.0 Å². The number of aromatic nitrogens is 2. The summed E-state index contributed by atoms with van der Waals surface area (Å²) < 4.78 is 5.59. The number of nitrogens with zero attached hydrogens (tertiary/aromatic N) is 2. The summed E-state index contributed by atoms with van der Waals surface area (Å²) in [4.78, 5) is 8.43. The molecule has 0 radical (unpaired) electrons. The molecule has 1 aliphatic rings. The molecular weight excluding hydrogens is 278 g/mol. The van der Waals surface area contributed by atoms with E-state index >= 15 is 0 Å². The molecule has 0 spiro atoms. The summed E-state index contributed by atoms with van der Waals surface area (Å²) in [6, 6.07) is 8.07. The fourth-order valence-electron chi connectivity index (χ4n) is 2.43. The van der Waals surface area contributed by atoms with E-state index in [4.69, 9.17) is 10.5 Å². The van der Waals surface area contributed by atoms with Gasteiger partial charge in [0, 0.05) is 18.8 Å². The first-order chi connectivity index (χ1) is 10.7. The smallest absolute Gasteiger partial charge is 0.159 e. The van der Waals surface area contributed by atoms with Crippen molar-refractivity contribution in [2.75, 3.05) is 29.5 Å². The van der Waals surface area contributed by atoms with Crippen LogP contribution < -0.4 is 16.4 Å². The quantitative estimate of drug-likeness (QED) is 0.787. The molecule has 1 atom stereocenters. The molecule has 1 aromatic carbocycles. The molecule has 1 fully saturated rings. The molecule has 1 aliphatic heterocycles. The minimum Gasteiger partial charge on any atom is -0.393 e. The topological polar surface area (TPSA) is 85.1 Å².